The van der Waals surface area contributed by atoms with Gasteiger partial charge in [-0.2, -0.15) is 0 Å². The summed E-state index contributed by atoms with van der Waals surface area (Å²) in [4.78, 5) is 10.8. The molecule has 1 heterocycles. The van der Waals surface area contributed by atoms with Gasteiger partial charge in [0.2, 0.25) is 0 Å². The largest absolute Gasteiger partial charge is 0.481 e. The van der Waals surface area contributed by atoms with Gasteiger partial charge < -0.3 is 10.4 Å². The number of carboxylic acid groups (broad SMARTS) is 1. The van der Waals surface area contributed by atoms with Gasteiger partial charge in [0.15, 0.2) is 0 Å². The number of hydrogen-bond donors (Lipinski definition) is 2. The molecule has 0 bridgehead atoms. The Kier molecular flexibility index (Phi) is 3.06. The van der Waals surface area contributed by atoms with E-state index in [-0.39, 0.29) is 12.0 Å². The first-order valence-corrected chi connectivity index (χ1v) is 5.72. The fraction of sp³-hybridized carbons (Fsp3) is 0.417. The molecule has 86 valence electrons. The van der Waals surface area contributed by atoms with Crippen molar-refractivity contribution in [2.75, 3.05) is 5.32 Å². The average molecular weight is 240 g/mol. The van der Waals surface area contributed by atoms with Crippen molar-refractivity contribution < 1.29 is 9.90 Å². The summed E-state index contributed by atoms with van der Waals surface area (Å²) in [6.07, 6.45) is 1.44. The zero-order valence-corrected chi connectivity index (χ0v) is 9.79. The van der Waals surface area contributed by atoms with E-state index in [0.29, 0.717) is 6.42 Å². The molecule has 4 heteroatoms. The van der Waals surface area contributed by atoms with Gasteiger partial charge in [0.25, 0.3) is 0 Å². The van der Waals surface area contributed by atoms with Gasteiger partial charge in [-0.1, -0.05) is 24.6 Å². The van der Waals surface area contributed by atoms with E-state index in [4.69, 9.17) is 16.7 Å². The SMILES string of the molecule is CC(CC1Cc2c(Cl)cccc2N1)C(=O)O. The molecule has 1 aromatic rings. The number of rotatable bonds is 3. The lowest BCUT2D eigenvalue weighted by atomic mass is 9.99. The molecule has 1 aromatic carbocycles. The standard InChI is InChI=1S/C12H14ClNO2/c1-7(12(15)16)5-8-6-9-10(13)3-2-4-11(9)14-8/h2-4,7-8,14H,5-6H2,1H3,(H,15,16). The zero-order valence-electron chi connectivity index (χ0n) is 9.03. The molecular formula is C12H14ClNO2. The minimum atomic E-state index is -0.746. The quantitative estimate of drug-likeness (QED) is 0.853. The van der Waals surface area contributed by atoms with Gasteiger partial charge in [0.1, 0.15) is 0 Å². The Morgan fingerprint density at radius 3 is 3.06 bits per heavy atom. The van der Waals surface area contributed by atoms with Crippen LogP contribution >= 0.6 is 11.6 Å². The summed E-state index contributed by atoms with van der Waals surface area (Å²) in [5.74, 6) is -1.07. The summed E-state index contributed by atoms with van der Waals surface area (Å²) in [6.45, 7) is 1.73. The summed E-state index contributed by atoms with van der Waals surface area (Å²) in [5.41, 5.74) is 2.14. The van der Waals surface area contributed by atoms with Gasteiger partial charge in [-0.3, -0.25) is 4.79 Å². The monoisotopic (exact) mass is 239 g/mol. The van der Waals surface area contributed by atoms with Crippen LogP contribution in [0, 0.1) is 5.92 Å². The minimum Gasteiger partial charge on any atom is -0.481 e. The predicted molar refractivity (Wildman–Crippen MR) is 64.0 cm³/mol. The number of aliphatic carboxylic acids is 1. The van der Waals surface area contributed by atoms with Crippen LogP contribution in [0.15, 0.2) is 18.2 Å². The summed E-state index contributed by atoms with van der Waals surface area (Å²) in [7, 11) is 0. The Balaban J connectivity index is 2.06. The molecule has 2 rings (SSSR count). The van der Waals surface area contributed by atoms with Crippen LogP contribution < -0.4 is 5.32 Å². The van der Waals surface area contributed by atoms with E-state index in [2.05, 4.69) is 5.32 Å². The first kappa shape index (κ1) is 11.3. The average Bonchev–Trinajstić information content (AvgIpc) is 2.61. The molecule has 2 N–H and O–H groups in total. The number of benzene rings is 1. The van der Waals surface area contributed by atoms with E-state index in [1.165, 1.54) is 0 Å². The molecule has 3 nitrogen and oxygen atoms in total. The summed E-state index contributed by atoms with van der Waals surface area (Å²) >= 11 is 6.08. The van der Waals surface area contributed by atoms with Gasteiger partial charge in [0.05, 0.1) is 5.92 Å². The molecule has 0 aromatic heterocycles. The lowest BCUT2D eigenvalue weighted by Gasteiger charge is -2.13. The number of carboxylic acids is 1. The lowest BCUT2D eigenvalue weighted by Crippen LogP contribution is -2.22. The predicted octanol–water partition coefficient (Wildman–Crippen LogP) is 2.79. The molecule has 0 saturated heterocycles. The highest BCUT2D eigenvalue weighted by Gasteiger charge is 2.25. The molecule has 16 heavy (non-hydrogen) atoms. The number of carbonyl (C=O) groups is 1. The van der Waals surface area contributed by atoms with Crippen LogP contribution in [-0.2, 0) is 11.2 Å². The van der Waals surface area contributed by atoms with E-state index in [1.807, 2.05) is 18.2 Å². The van der Waals surface area contributed by atoms with Crippen LogP contribution in [0.5, 0.6) is 0 Å². The van der Waals surface area contributed by atoms with E-state index in [1.54, 1.807) is 6.92 Å². The van der Waals surface area contributed by atoms with Crippen molar-refractivity contribution in [3.63, 3.8) is 0 Å². The van der Waals surface area contributed by atoms with Gasteiger partial charge >= 0.3 is 5.97 Å². The maximum Gasteiger partial charge on any atom is 0.306 e. The molecule has 1 aliphatic heterocycles. The highest BCUT2D eigenvalue weighted by Crippen LogP contribution is 2.33. The summed E-state index contributed by atoms with van der Waals surface area (Å²) in [5, 5.41) is 12.9. The molecule has 2 unspecified atom stereocenters. The molecule has 0 fully saturated rings. The Hall–Kier alpha value is -1.22. The van der Waals surface area contributed by atoms with Gasteiger partial charge in [-0.25, -0.2) is 0 Å². The van der Waals surface area contributed by atoms with E-state index >= 15 is 0 Å². The lowest BCUT2D eigenvalue weighted by molar-refractivity contribution is -0.141. The van der Waals surface area contributed by atoms with Crippen LogP contribution in [0.25, 0.3) is 0 Å². The van der Waals surface area contributed by atoms with Crippen LogP contribution in [0.2, 0.25) is 5.02 Å². The van der Waals surface area contributed by atoms with Gasteiger partial charge in [-0.15, -0.1) is 0 Å². The zero-order chi connectivity index (χ0) is 11.7. The third kappa shape index (κ3) is 2.14. The number of anilines is 1. The number of hydrogen-bond acceptors (Lipinski definition) is 2. The first-order valence-electron chi connectivity index (χ1n) is 5.34. The maximum atomic E-state index is 10.8. The Morgan fingerprint density at radius 2 is 2.44 bits per heavy atom. The number of halogens is 1. The molecule has 0 amide bonds. The Morgan fingerprint density at radius 1 is 1.69 bits per heavy atom. The second kappa shape index (κ2) is 4.34. The fourth-order valence-electron chi connectivity index (χ4n) is 2.09. The highest BCUT2D eigenvalue weighted by atomic mass is 35.5. The van der Waals surface area contributed by atoms with Gasteiger partial charge in [-0.05, 0) is 30.5 Å². The molecule has 0 radical (unpaired) electrons. The van der Waals surface area contributed by atoms with Crippen molar-refractivity contribution >= 4 is 23.3 Å². The minimum absolute atomic E-state index is 0.181. The molecular weight excluding hydrogens is 226 g/mol. The Bertz CT molecular complexity index is 419. The second-order valence-corrected chi connectivity index (χ2v) is 4.69. The molecule has 2 atom stereocenters. The molecule has 0 saturated carbocycles. The number of nitrogens with one attached hydrogen (secondary N) is 1. The molecule has 0 spiro atoms. The Labute approximate surface area is 99.4 Å². The molecule has 0 aliphatic carbocycles. The second-order valence-electron chi connectivity index (χ2n) is 4.29. The topological polar surface area (TPSA) is 49.3 Å². The third-order valence-electron chi connectivity index (χ3n) is 2.99. The van der Waals surface area contributed by atoms with Crippen molar-refractivity contribution in [1.82, 2.24) is 0 Å². The fourth-order valence-corrected chi connectivity index (χ4v) is 2.34. The normalized spacial score (nSPS) is 20.0. The summed E-state index contributed by atoms with van der Waals surface area (Å²) < 4.78 is 0. The van der Waals surface area contributed by atoms with Crippen LogP contribution in [0.1, 0.15) is 18.9 Å². The highest BCUT2D eigenvalue weighted by molar-refractivity contribution is 6.31. The van der Waals surface area contributed by atoms with Gasteiger partial charge in [0, 0.05) is 16.8 Å². The van der Waals surface area contributed by atoms with Crippen molar-refractivity contribution in [2.24, 2.45) is 5.92 Å². The van der Waals surface area contributed by atoms with E-state index < -0.39 is 5.97 Å². The molecule has 1 aliphatic rings. The van der Waals surface area contributed by atoms with Crippen LogP contribution in [0.4, 0.5) is 5.69 Å². The van der Waals surface area contributed by atoms with Crippen molar-refractivity contribution in [3.8, 4) is 0 Å². The first-order chi connectivity index (χ1) is 7.58. The van der Waals surface area contributed by atoms with Crippen molar-refractivity contribution in [1.29, 1.82) is 0 Å². The van der Waals surface area contributed by atoms with Crippen molar-refractivity contribution in [2.45, 2.75) is 25.8 Å². The van der Waals surface area contributed by atoms with Crippen molar-refractivity contribution in [3.05, 3.63) is 28.8 Å². The van der Waals surface area contributed by atoms with Crippen LogP contribution in [0.3, 0.4) is 0 Å². The van der Waals surface area contributed by atoms with Crippen LogP contribution in [-0.4, -0.2) is 17.1 Å². The smallest absolute Gasteiger partial charge is 0.306 e. The van der Waals surface area contributed by atoms with E-state index in [9.17, 15) is 4.79 Å². The van der Waals surface area contributed by atoms with E-state index in [0.717, 1.165) is 22.7 Å². The third-order valence-corrected chi connectivity index (χ3v) is 3.34. The maximum absolute atomic E-state index is 10.8. The number of fused-ring (bicyclic) bond motifs is 1. The summed E-state index contributed by atoms with van der Waals surface area (Å²) in [6, 6.07) is 5.93.